The number of halogens is 1. The van der Waals surface area contributed by atoms with E-state index in [1.54, 1.807) is 39.2 Å². The first-order valence-corrected chi connectivity index (χ1v) is 7.10. The lowest BCUT2D eigenvalue weighted by Gasteiger charge is -2.31. The first kappa shape index (κ1) is 14.7. The van der Waals surface area contributed by atoms with E-state index in [-0.39, 0.29) is 5.15 Å². The quantitative estimate of drug-likeness (QED) is 0.905. The van der Waals surface area contributed by atoms with Gasteiger partial charge in [0.25, 0.3) is 0 Å². The van der Waals surface area contributed by atoms with Crippen LogP contribution in [0, 0.1) is 0 Å². The smallest absolute Gasteiger partial charge is 0.413 e. The van der Waals surface area contributed by atoms with Crippen molar-refractivity contribution in [3.63, 3.8) is 0 Å². The van der Waals surface area contributed by atoms with Gasteiger partial charge in [-0.3, -0.25) is 9.88 Å². The van der Waals surface area contributed by atoms with Crippen LogP contribution in [0.15, 0.2) is 24.5 Å². The van der Waals surface area contributed by atoms with Crippen LogP contribution in [0.2, 0.25) is 5.15 Å². The molecule has 20 heavy (non-hydrogen) atoms. The third-order valence-corrected chi connectivity index (χ3v) is 4.01. The van der Waals surface area contributed by atoms with Crippen molar-refractivity contribution < 1.29 is 9.90 Å². The Balaban J connectivity index is 2.49. The van der Waals surface area contributed by atoms with Crippen LogP contribution in [0.1, 0.15) is 20.8 Å². The highest BCUT2D eigenvalue weighted by atomic mass is 35.5. The summed E-state index contributed by atoms with van der Waals surface area (Å²) >= 11 is 7.35. The molecule has 0 saturated heterocycles. The van der Waals surface area contributed by atoms with Gasteiger partial charge in [0.2, 0.25) is 0 Å². The molecule has 0 aliphatic heterocycles. The fourth-order valence-corrected chi connectivity index (χ4v) is 3.19. The van der Waals surface area contributed by atoms with Crippen molar-refractivity contribution in [1.82, 2.24) is 9.97 Å². The molecule has 2 rings (SSSR count). The minimum Gasteiger partial charge on any atom is -0.465 e. The lowest BCUT2D eigenvalue weighted by Crippen LogP contribution is -2.44. The van der Waals surface area contributed by atoms with Crippen LogP contribution in [0.4, 0.5) is 9.80 Å². The van der Waals surface area contributed by atoms with Crippen LogP contribution in [0.5, 0.6) is 0 Å². The van der Waals surface area contributed by atoms with Gasteiger partial charge in [0.05, 0.1) is 0 Å². The summed E-state index contributed by atoms with van der Waals surface area (Å²) < 4.78 is 0. The molecule has 5 nitrogen and oxygen atoms in total. The van der Waals surface area contributed by atoms with Crippen LogP contribution in [0.25, 0.3) is 10.6 Å². The Kier molecular flexibility index (Phi) is 3.96. The molecule has 2 aromatic heterocycles. The van der Waals surface area contributed by atoms with Gasteiger partial charge in [-0.1, -0.05) is 22.9 Å². The van der Waals surface area contributed by atoms with Crippen LogP contribution < -0.4 is 4.90 Å². The number of hydrogen-bond acceptors (Lipinski definition) is 4. The summed E-state index contributed by atoms with van der Waals surface area (Å²) in [5, 5.41) is 10.7. The number of pyridine rings is 1. The molecule has 106 valence electrons. The monoisotopic (exact) mass is 311 g/mol. The summed E-state index contributed by atoms with van der Waals surface area (Å²) in [7, 11) is 0. The normalized spacial score (nSPS) is 11.4. The Bertz CT molecular complexity index is 622. The topological polar surface area (TPSA) is 66.3 Å². The van der Waals surface area contributed by atoms with Gasteiger partial charge in [0.1, 0.15) is 10.0 Å². The van der Waals surface area contributed by atoms with Crippen LogP contribution in [-0.2, 0) is 0 Å². The van der Waals surface area contributed by atoms with Gasteiger partial charge in [0.15, 0.2) is 5.15 Å². The molecule has 2 heterocycles. The van der Waals surface area contributed by atoms with E-state index < -0.39 is 11.6 Å². The van der Waals surface area contributed by atoms with Gasteiger partial charge < -0.3 is 5.11 Å². The van der Waals surface area contributed by atoms with Crippen LogP contribution in [0.3, 0.4) is 0 Å². The van der Waals surface area contributed by atoms with E-state index in [1.807, 2.05) is 6.07 Å². The van der Waals surface area contributed by atoms with Crippen LogP contribution in [-0.4, -0.2) is 26.7 Å². The number of thiazole rings is 1. The first-order valence-electron chi connectivity index (χ1n) is 5.90. The molecule has 1 amide bonds. The van der Waals surface area contributed by atoms with E-state index in [0.717, 1.165) is 5.56 Å². The maximum atomic E-state index is 11.5. The highest BCUT2D eigenvalue weighted by Crippen LogP contribution is 2.40. The average molecular weight is 312 g/mol. The zero-order valence-electron chi connectivity index (χ0n) is 11.3. The molecule has 0 fully saturated rings. The number of anilines is 1. The molecule has 0 radical (unpaired) electrons. The van der Waals surface area contributed by atoms with Gasteiger partial charge in [0, 0.05) is 23.5 Å². The second kappa shape index (κ2) is 5.38. The Morgan fingerprint density at radius 1 is 1.45 bits per heavy atom. The Labute approximate surface area is 125 Å². The number of nitrogens with zero attached hydrogens (tertiary/aromatic N) is 3. The Morgan fingerprint density at radius 2 is 2.15 bits per heavy atom. The van der Waals surface area contributed by atoms with Gasteiger partial charge >= 0.3 is 6.09 Å². The molecule has 0 spiro atoms. The molecular weight excluding hydrogens is 298 g/mol. The van der Waals surface area contributed by atoms with Crippen molar-refractivity contribution in [1.29, 1.82) is 0 Å². The third kappa shape index (κ3) is 2.91. The molecule has 0 bridgehead atoms. The first-order chi connectivity index (χ1) is 9.30. The van der Waals surface area contributed by atoms with E-state index in [2.05, 4.69) is 9.97 Å². The van der Waals surface area contributed by atoms with E-state index in [0.29, 0.717) is 10.0 Å². The van der Waals surface area contributed by atoms with E-state index in [4.69, 9.17) is 11.6 Å². The summed E-state index contributed by atoms with van der Waals surface area (Å²) in [5.41, 5.74) is 0.207. The maximum Gasteiger partial charge on any atom is 0.413 e. The minimum atomic E-state index is -1.05. The largest absolute Gasteiger partial charge is 0.465 e. The van der Waals surface area contributed by atoms with Gasteiger partial charge in [-0.05, 0) is 32.9 Å². The molecule has 0 saturated carbocycles. The summed E-state index contributed by atoms with van der Waals surface area (Å²) in [4.78, 5) is 21.0. The molecule has 0 aromatic carbocycles. The number of hydrogen-bond donors (Lipinski definition) is 1. The summed E-state index contributed by atoms with van der Waals surface area (Å²) in [6.45, 7) is 5.42. The molecule has 7 heteroatoms. The predicted molar refractivity (Wildman–Crippen MR) is 80.6 cm³/mol. The van der Waals surface area contributed by atoms with Crippen molar-refractivity contribution >= 4 is 34.0 Å². The molecule has 0 aliphatic rings. The predicted octanol–water partition coefficient (Wildman–Crippen LogP) is 4.14. The van der Waals surface area contributed by atoms with Crippen LogP contribution >= 0.6 is 22.9 Å². The summed E-state index contributed by atoms with van der Waals surface area (Å²) in [6.07, 6.45) is 2.28. The number of carbonyl (C=O) groups is 1. The zero-order valence-corrected chi connectivity index (χ0v) is 12.9. The fourth-order valence-electron chi connectivity index (χ4n) is 1.72. The lowest BCUT2D eigenvalue weighted by molar-refractivity contribution is 0.196. The minimum absolute atomic E-state index is 0.186. The number of amides is 1. The molecule has 0 atom stereocenters. The van der Waals surface area contributed by atoms with Gasteiger partial charge in [-0.15, -0.1) is 0 Å². The van der Waals surface area contributed by atoms with Crippen molar-refractivity contribution in [2.75, 3.05) is 4.90 Å². The zero-order chi connectivity index (χ0) is 14.9. The van der Waals surface area contributed by atoms with Crippen molar-refractivity contribution in [2.45, 2.75) is 26.3 Å². The van der Waals surface area contributed by atoms with E-state index in [9.17, 15) is 9.90 Å². The second-order valence-electron chi connectivity index (χ2n) is 5.15. The number of carboxylic acid groups (broad SMARTS) is 1. The third-order valence-electron chi connectivity index (χ3n) is 2.54. The molecule has 0 aliphatic carbocycles. The number of rotatable bonds is 2. The highest BCUT2D eigenvalue weighted by molar-refractivity contribution is 7.19. The molecular formula is C13H14ClN3O2S. The van der Waals surface area contributed by atoms with E-state index in [1.165, 1.54) is 16.2 Å². The maximum absolute atomic E-state index is 11.5. The summed E-state index contributed by atoms with van der Waals surface area (Å²) in [6, 6.07) is 3.65. The highest BCUT2D eigenvalue weighted by Gasteiger charge is 2.32. The Morgan fingerprint density at radius 3 is 2.65 bits per heavy atom. The Hall–Kier alpha value is -1.66. The van der Waals surface area contributed by atoms with Gasteiger partial charge in [-0.2, -0.15) is 0 Å². The van der Waals surface area contributed by atoms with Crippen molar-refractivity contribution in [3.05, 3.63) is 29.7 Å². The SMILES string of the molecule is CC(C)(C)N(C(=O)O)c1sc(-c2cccnc2)nc1Cl. The molecule has 1 N–H and O–H groups in total. The average Bonchev–Trinajstić information content (AvgIpc) is 2.70. The van der Waals surface area contributed by atoms with Crippen molar-refractivity contribution in [2.24, 2.45) is 0 Å². The molecule has 2 aromatic rings. The lowest BCUT2D eigenvalue weighted by atomic mass is 10.1. The van der Waals surface area contributed by atoms with E-state index >= 15 is 0 Å². The fraction of sp³-hybridized carbons (Fsp3) is 0.308. The van der Waals surface area contributed by atoms with Gasteiger partial charge in [-0.25, -0.2) is 9.78 Å². The second-order valence-corrected chi connectivity index (χ2v) is 6.48. The van der Waals surface area contributed by atoms with Crippen molar-refractivity contribution in [3.8, 4) is 10.6 Å². The summed E-state index contributed by atoms with van der Waals surface area (Å²) in [5.74, 6) is 0. The standard InChI is InChI=1S/C13H14ClN3O2S/c1-13(2,3)17(12(18)19)11-9(14)16-10(20-11)8-5-4-6-15-7-8/h4-7H,1-3H3,(H,18,19). The number of aromatic nitrogens is 2. The molecule has 0 unspecified atom stereocenters.